The minimum absolute atomic E-state index is 0.0128. The fourth-order valence-electron chi connectivity index (χ4n) is 1.56. The zero-order valence-corrected chi connectivity index (χ0v) is 10.9. The van der Waals surface area contributed by atoms with Gasteiger partial charge in [0.25, 0.3) is 5.69 Å². The number of hydrogen-bond donors (Lipinski definition) is 1. The Morgan fingerprint density at radius 1 is 1.71 bits per heavy atom. The van der Waals surface area contributed by atoms with Crippen LogP contribution in [0.4, 0.5) is 11.4 Å². The second kappa shape index (κ2) is 4.58. The summed E-state index contributed by atoms with van der Waals surface area (Å²) in [5.74, 6) is 0. The van der Waals surface area contributed by atoms with Crippen molar-refractivity contribution in [2.75, 3.05) is 19.0 Å². The molecule has 0 bridgehead atoms. The first kappa shape index (κ1) is 12.3. The van der Waals surface area contributed by atoms with Crippen molar-refractivity contribution in [3.8, 4) is 0 Å². The standard InChI is InChI=1S/C10H12BrN3O3/c1-17-10(2-3-10)6-13-7-5-12-9(11)4-8(7)14(15)16/h4-5,13H,2-3,6H2,1H3. The van der Waals surface area contributed by atoms with Crippen molar-refractivity contribution in [3.05, 3.63) is 27.0 Å². The first-order chi connectivity index (χ1) is 8.06. The van der Waals surface area contributed by atoms with E-state index in [0.717, 1.165) is 12.8 Å². The minimum atomic E-state index is -0.429. The monoisotopic (exact) mass is 301 g/mol. The Kier molecular flexibility index (Phi) is 3.30. The Balaban J connectivity index is 2.12. The molecule has 1 aliphatic rings. The van der Waals surface area contributed by atoms with Gasteiger partial charge >= 0.3 is 0 Å². The summed E-state index contributed by atoms with van der Waals surface area (Å²) in [6, 6.07) is 1.38. The maximum atomic E-state index is 10.9. The smallest absolute Gasteiger partial charge is 0.296 e. The molecule has 92 valence electrons. The fourth-order valence-corrected chi connectivity index (χ4v) is 1.88. The van der Waals surface area contributed by atoms with Crippen LogP contribution in [-0.4, -0.2) is 29.2 Å². The third-order valence-electron chi connectivity index (χ3n) is 2.89. The highest BCUT2D eigenvalue weighted by Crippen LogP contribution is 2.39. The average molecular weight is 302 g/mol. The zero-order chi connectivity index (χ0) is 12.5. The largest absolute Gasteiger partial charge is 0.376 e. The molecule has 0 aromatic carbocycles. The van der Waals surface area contributed by atoms with Gasteiger partial charge in [-0.3, -0.25) is 10.1 Å². The topological polar surface area (TPSA) is 77.3 Å². The normalized spacial score (nSPS) is 16.6. The van der Waals surface area contributed by atoms with Gasteiger partial charge in [0.2, 0.25) is 0 Å². The summed E-state index contributed by atoms with van der Waals surface area (Å²) >= 11 is 3.11. The van der Waals surface area contributed by atoms with Crippen molar-refractivity contribution >= 4 is 27.3 Å². The van der Waals surface area contributed by atoms with Crippen LogP contribution in [0.1, 0.15) is 12.8 Å². The number of hydrogen-bond acceptors (Lipinski definition) is 5. The van der Waals surface area contributed by atoms with Gasteiger partial charge in [-0.25, -0.2) is 4.98 Å². The third kappa shape index (κ3) is 2.73. The lowest BCUT2D eigenvalue weighted by Crippen LogP contribution is -2.23. The first-order valence-electron chi connectivity index (χ1n) is 5.15. The minimum Gasteiger partial charge on any atom is -0.376 e. The molecule has 0 aliphatic heterocycles. The van der Waals surface area contributed by atoms with Crippen LogP contribution in [0.25, 0.3) is 0 Å². The van der Waals surface area contributed by atoms with Crippen LogP contribution in [0.15, 0.2) is 16.9 Å². The lowest BCUT2D eigenvalue weighted by molar-refractivity contribution is -0.384. The summed E-state index contributed by atoms with van der Waals surface area (Å²) in [7, 11) is 1.66. The van der Waals surface area contributed by atoms with E-state index in [9.17, 15) is 10.1 Å². The summed E-state index contributed by atoms with van der Waals surface area (Å²) in [4.78, 5) is 14.4. The van der Waals surface area contributed by atoms with E-state index >= 15 is 0 Å². The first-order valence-corrected chi connectivity index (χ1v) is 5.95. The van der Waals surface area contributed by atoms with Gasteiger partial charge < -0.3 is 10.1 Å². The molecule has 0 radical (unpaired) electrons. The number of anilines is 1. The predicted octanol–water partition coefficient (Wildman–Crippen LogP) is 2.34. The number of pyridine rings is 1. The number of aromatic nitrogens is 1. The summed E-state index contributed by atoms with van der Waals surface area (Å²) in [5, 5.41) is 13.9. The van der Waals surface area contributed by atoms with Crippen molar-refractivity contribution in [1.29, 1.82) is 0 Å². The van der Waals surface area contributed by atoms with Gasteiger partial charge in [-0.1, -0.05) is 0 Å². The van der Waals surface area contributed by atoms with E-state index in [0.29, 0.717) is 16.8 Å². The number of methoxy groups -OCH3 is 1. The number of nitrogens with zero attached hydrogens (tertiary/aromatic N) is 2. The molecule has 7 heteroatoms. The van der Waals surface area contributed by atoms with E-state index in [1.807, 2.05) is 0 Å². The molecule has 1 aromatic heterocycles. The fraction of sp³-hybridized carbons (Fsp3) is 0.500. The number of nitro groups is 1. The van der Waals surface area contributed by atoms with Crippen LogP contribution in [0.2, 0.25) is 0 Å². The lowest BCUT2D eigenvalue weighted by atomic mass is 10.3. The van der Waals surface area contributed by atoms with Crippen molar-refractivity contribution in [1.82, 2.24) is 4.98 Å². The van der Waals surface area contributed by atoms with E-state index in [-0.39, 0.29) is 11.3 Å². The van der Waals surface area contributed by atoms with Crippen LogP contribution >= 0.6 is 15.9 Å². The molecule has 1 aromatic rings. The maximum absolute atomic E-state index is 10.9. The van der Waals surface area contributed by atoms with Gasteiger partial charge in [0.05, 0.1) is 22.8 Å². The van der Waals surface area contributed by atoms with Crippen LogP contribution in [0.3, 0.4) is 0 Å². The summed E-state index contributed by atoms with van der Waals surface area (Å²) < 4.78 is 5.78. The van der Waals surface area contributed by atoms with Gasteiger partial charge in [0.15, 0.2) is 0 Å². The van der Waals surface area contributed by atoms with Crippen molar-refractivity contribution in [2.45, 2.75) is 18.4 Å². The molecule has 0 unspecified atom stereocenters. The second-order valence-corrected chi connectivity index (χ2v) is 4.83. The molecule has 0 atom stereocenters. The molecule has 1 heterocycles. The quantitative estimate of drug-likeness (QED) is 0.513. The van der Waals surface area contributed by atoms with Crippen molar-refractivity contribution in [3.63, 3.8) is 0 Å². The van der Waals surface area contributed by atoms with E-state index in [1.165, 1.54) is 12.3 Å². The molecule has 1 fully saturated rings. The molecule has 17 heavy (non-hydrogen) atoms. The van der Waals surface area contributed by atoms with E-state index in [1.54, 1.807) is 7.11 Å². The predicted molar refractivity (Wildman–Crippen MR) is 66.1 cm³/mol. The SMILES string of the molecule is COC1(CNc2cnc(Br)cc2[N+](=O)[O-])CC1. The molecular formula is C10H12BrN3O3. The Labute approximate surface area is 107 Å². The number of rotatable bonds is 5. The molecule has 2 rings (SSSR count). The molecule has 0 spiro atoms. The third-order valence-corrected chi connectivity index (χ3v) is 3.32. The van der Waals surface area contributed by atoms with Crippen molar-refractivity contribution < 1.29 is 9.66 Å². The number of ether oxygens (including phenoxy) is 1. The summed E-state index contributed by atoms with van der Waals surface area (Å²) in [6.45, 7) is 0.563. The Bertz CT molecular complexity index is 448. The molecule has 1 N–H and O–H groups in total. The van der Waals surface area contributed by atoms with Gasteiger partial charge in [-0.15, -0.1) is 0 Å². The molecule has 0 saturated heterocycles. The average Bonchev–Trinajstić information content (AvgIpc) is 3.08. The molecule has 1 saturated carbocycles. The van der Waals surface area contributed by atoms with Crippen LogP contribution < -0.4 is 5.32 Å². The van der Waals surface area contributed by atoms with Crippen molar-refractivity contribution in [2.24, 2.45) is 0 Å². The lowest BCUT2D eigenvalue weighted by Gasteiger charge is -2.14. The Morgan fingerprint density at radius 2 is 2.41 bits per heavy atom. The Hall–Kier alpha value is -1.21. The molecule has 1 aliphatic carbocycles. The highest BCUT2D eigenvalue weighted by molar-refractivity contribution is 9.10. The molecular weight excluding hydrogens is 290 g/mol. The summed E-state index contributed by atoms with van der Waals surface area (Å²) in [6.07, 6.45) is 3.41. The van der Waals surface area contributed by atoms with Gasteiger partial charge in [0.1, 0.15) is 10.3 Å². The number of halogens is 1. The van der Waals surface area contributed by atoms with Crippen LogP contribution in [0.5, 0.6) is 0 Å². The Morgan fingerprint density at radius 3 is 2.94 bits per heavy atom. The van der Waals surface area contributed by atoms with Gasteiger partial charge in [-0.05, 0) is 28.8 Å². The highest BCUT2D eigenvalue weighted by atomic mass is 79.9. The van der Waals surface area contributed by atoms with Crippen LogP contribution in [-0.2, 0) is 4.74 Å². The van der Waals surface area contributed by atoms with Gasteiger partial charge in [-0.2, -0.15) is 0 Å². The molecule has 6 nitrogen and oxygen atoms in total. The summed E-state index contributed by atoms with van der Waals surface area (Å²) in [5.41, 5.74) is 0.279. The zero-order valence-electron chi connectivity index (χ0n) is 9.27. The van der Waals surface area contributed by atoms with E-state index in [4.69, 9.17) is 4.74 Å². The van der Waals surface area contributed by atoms with Gasteiger partial charge in [0, 0.05) is 13.7 Å². The highest BCUT2D eigenvalue weighted by Gasteiger charge is 2.43. The van der Waals surface area contributed by atoms with Crippen LogP contribution in [0, 0.1) is 10.1 Å². The van der Waals surface area contributed by atoms with E-state index in [2.05, 4.69) is 26.2 Å². The molecule has 0 amide bonds. The van der Waals surface area contributed by atoms with E-state index < -0.39 is 4.92 Å². The number of nitrogens with one attached hydrogen (secondary N) is 1. The second-order valence-electron chi connectivity index (χ2n) is 4.02. The maximum Gasteiger partial charge on any atom is 0.296 e.